The van der Waals surface area contributed by atoms with Crippen LogP contribution in [0.2, 0.25) is 0 Å². The molecule has 0 bridgehead atoms. The lowest BCUT2D eigenvalue weighted by molar-refractivity contribution is -0.129. The maximum absolute atomic E-state index is 13.0. The molecule has 0 radical (unpaired) electrons. The Morgan fingerprint density at radius 2 is 1.77 bits per heavy atom. The molecule has 2 aromatic rings. The average molecular weight is 423 g/mol. The van der Waals surface area contributed by atoms with Gasteiger partial charge in [0.05, 0.1) is 6.54 Å². The highest BCUT2D eigenvalue weighted by molar-refractivity contribution is 5.98. The number of aryl methyl sites for hydroxylation is 1. The first-order valence-electron chi connectivity index (χ1n) is 10.8. The molecule has 2 aliphatic rings. The molecule has 1 aromatic heterocycles. The van der Waals surface area contributed by atoms with Crippen LogP contribution in [0.4, 0.5) is 11.8 Å². The van der Waals surface area contributed by atoms with Crippen LogP contribution in [0.1, 0.15) is 48.0 Å². The second-order valence-corrected chi connectivity index (χ2v) is 8.56. The number of carbonyl (C=O) groups excluding carboxylic acids is 2. The van der Waals surface area contributed by atoms with Crippen molar-refractivity contribution in [2.45, 2.75) is 46.8 Å². The summed E-state index contributed by atoms with van der Waals surface area (Å²) in [4.78, 5) is 39.9. The Labute approximate surface area is 183 Å². The quantitative estimate of drug-likeness (QED) is 0.797. The summed E-state index contributed by atoms with van der Waals surface area (Å²) in [7, 11) is 0. The fourth-order valence-corrected chi connectivity index (χ4v) is 3.99. The van der Waals surface area contributed by atoms with Crippen LogP contribution in [-0.4, -0.2) is 63.8 Å². The van der Waals surface area contributed by atoms with Crippen LogP contribution in [0.15, 0.2) is 24.3 Å². The first kappa shape index (κ1) is 21.1. The Hall–Kier alpha value is -3.16. The number of fused-ring (bicyclic) bond motifs is 1. The zero-order chi connectivity index (χ0) is 22.1. The summed E-state index contributed by atoms with van der Waals surface area (Å²) in [6.07, 6.45) is 0. The largest absolute Gasteiger partial charge is 0.366 e. The zero-order valence-corrected chi connectivity index (χ0v) is 18.7. The molecule has 31 heavy (non-hydrogen) atoms. The molecule has 3 heterocycles. The fourth-order valence-electron chi connectivity index (χ4n) is 3.99. The number of rotatable bonds is 5. The van der Waals surface area contributed by atoms with Gasteiger partial charge in [0.25, 0.3) is 5.91 Å². The van der Waals surface area contributed by atoms with Gasteiger partial charge in [0.15, 0.2) is 0 Å². The summed E-state index contributed by atoms with van der Waals surface area (Å²) in [5.74, 6) is 1.30. The monoisotopic (exact) mass is 422 g/mol. The predicted molar refractivity (Wildman–Crippen MR) is 120 cm³/mol. The summed E-state index contributed by atoms with van der Waals surface area (Å²) in [5.41, 5.74) is 3.72. The molecule has 1 saturated heterocycles. The highest BCUT2D eigenvalue weighted by atomic mass is 16.2. The highest BCUT2D eigenvalue weighted by Crippen LogP contribution is 2.31. The van der Waals surface area contributed by atoms with E-state index in [9.17, 15) is 9.59 Å². The van der Waals surface area contributed by atoms with Crippen LogP contribution < -0.4 is 10.2 Å². The third-order valence-corrected chi connectivity index (χ3v) is 6.00. The third-order valence-electron chi connectivity index (χ3n) is 6.00. The van der Waals surface area contributed by atoms with Crippen molar-refractivity contribution < 1.29 is 9.59 Å². The smallest absolute Gasteiger partial charge is 0.273 e. The zero-order valence-electron chi connectivity index (χ0n) is 18.7. The van der Waals surface area contributed by atoms with Gasteiger partial charge in [0.1, 0.15) is 11.5 Å². The molecule has 0 atom stereocenters. The normalized spacial score (nSPS) is 16.2. The maximum atomic E-state index is 13.0. The highest BCUT2D eigenvalue weighted by Gasteiger charge is 2.35. The number of anilines is 2. The fraction of sp³-hybridized carbons (Fsp3) is 0.478. The molecule has 4 rings (SSSR count). The van der Waals surface area contributed by atoms with Crippen molar-refractivity contribution in [2.24, 2.45) is 0 Å². The summed E-state index contributed by atoms with van der Waals surface area (Å²) in [5, 5.41) is 3.45. The van der Waals surface area contributed by atoms with Crippen molar-refractivity contribution in [3.63, 3.8) is 0 Å². The molecule has 2 aliphatic heterocycles. The number of nitrogens with one attached hydrogen (secondary N) is 1. The van der Waals surface area contributed by atoms with Crippen LogP contribution >= 0.6 is 0 Å². The van der Waals surface area contributed by atoms with Gasteiger partial charge in [0, 0.05) is 51.3 Å². The van der Waals surface area contributed by atoms with Gasteiger partial charge >= 0.3 is 0 Å². The lowest BCUT2D eigenvalue weighted by Gasteiger charge is -2.34. The van der Waals surface area contributed by atoms with Crippen LogP contribution in [-0.2, 0) is 17.9 Å². The molecule has 0 unspecified atom stereocenters. The topological polar surface area (TPSA) is 81.7 Å². The van der Waals surface area contributed by atoms with Crippen molar-refractivity contribution in [1.82, 2.24) is 19.8 Å². The van der Waals surface area contributed by atoms with E-state index in [0.29, 0.717) is 56.7 Å². The van der Waals surface area contributed by atoms with E-state index in [0.717, 1.165) is 11.1 Å². The van der Waals surface area contributed by atoms with Gasteiger partial charge < -0.3 is 20.0 Å². The number of hydrogen-bond acceptors (Lipinski definition) is 6. The van der Waals surface area contributed by atoms with Gasteiger partial charge in [-0.15, -0.1) is 0 Å². The molecule has 1 fully saturated rings. The standard InChI is InChI=1S/C23H30N6O2/c1-15(2)29-14-19-20(22(29)31)25-23(28-11-9-27(10-12-28)17(4)30)26-21(19)24-13-18-7-5-16(3)6-8-18/h5-8,15H,9-14H2,1-4H3,(H,24,25,26). The molecule has 1 N–H and O–H groups in total. The van der Waals surface area contributed by atoms with Crippen molar-refractivity contribution in [3.8, 4) is 0 Å². The van der Waals surface area contributed by atoms with Gasteiger partial charge in [-0.05, 0) is 26.3 Å². The van der Waals surface area contributed by atoms with E-state index >= 15 is 0 Å². The van der Waals surface area contributed by atoms with Crippen LogP contribution in [0.5, 0.6) is 0 Å². The van der Waals surface area contributed by atoms with E-state index in [1.54, 1.807) is 6.92 Å². The molecule has 2 amide bonds. The number of amides is 2. The molecular weight excluding hydrogens is 392 g/mol. The number of benzene rings is 1. The first-order valence-corrected chi connectivity index (χ1v) is 10.8. The number of carbonyl (C=O) groups is 2. The second kappa shape index (κ2) is 8.53. The Morgan fingerprint density at radius 1 is 1.10 bits per heavy atom. The minimum absolute atomic E-state index is 0.0468. The number of aromatic nitrogens is 2. The molecule has 8 nitrogen and oxygen atoms in total. The first-order chi connectivity index (χ1) is 14.8. The van der Waals surface area contributed by atoms with E-state index in [2.05, 4.69) is 46.4 Å². The Kier molecular flexibility index (Phi) is 5.80. The van der Waals surface area contributed by atoms with Gasteiger partial charge in [-0.3, -0.25) is 9.59 Å². The SMILES string of the molecule is CC(=O)N1CCN(c2nc(NCc3ccc(C)cc3)c3c(n2)C(=O)N(C(C)C)C3)CC1. The average Bonchev–Trinajstić information content (AvgIpc) is 3.10. The Bertz CT molecular complexity index is 980. The van der Waals surface area contributed by atoms with Crippen LogP contribution in [0, 0.1) is 6.92 Å². The maximum Gasteiger partial charge on any atom is 0.273 e. The molecule has 8 heteroatoms. The minimum atomic E-state index is -0.0468. The van der Waals surface area contributed by atoms with Crippen molar-refractivity contribution in [3.05, 3.63) is 46.6 Å². The van der Waals surface area contributed by atoms with Crippen molar-refractivity contribution >= 4 is 23.6 Å². The van der Waals surface area contributed by atoms with E-state index in [1.807, 2.05) is 23.6 Å². The summed E-state index contributed by atoms with van der Waals surface area (Å²) >= 11 is 0. The van der Waals surface area contributed by atoms with Crippen LogP contribution in [0.3, 0.4) is 0 Å². The Morgan fingerprint density at radius 3 is 2.39 bits per heavy atom. The summed E-state index contributed by atoms with van der Waals surface area (Å²) in [6, 6.07) is 8.46. The van der Waals surface area contributed by atoms with Gasteiger partial charge in [-0.2, -0.15) is 4.98 Å². The van der Waals surface area contributed by atoms with E-state index < -0.39 is 0 Å². The van der Waals surface area contributed by atoms with Gasteiger partial charge in [-0.1, -0.05) is 29.8 Å². The molecular formula is C23H30N6O2. The Balaban J connectivity index is 1.61. The molecule has 0 aliphatic carbocycles. The lowest BCUT2D eigenvalue weighted by Crippen LogP contribution is -2.48. The number of piperazine rings is 1. The number of hydrogen-bond donors (Lipinski definition) is 1. The van der Waals surface area contributed by atoms with Gasteiger partial charge in [0.2, 0.25) is 11.9 Å². The third kappa shape index (κ3) is 4.33. The van der Waals surface area contributed by atoms with Crippen LogP contribution in [0.25, 0.3) is 0 Å². The molecule has 0 saturated carbocycles. The van der Waals surface area contributed by atoms with E-state index in [4.69, 9.17) is 4.98 Å². The van der Waals surface area contributed by atoms with Gasteiger partial charge in [-0.25, -0.2) is 4.98 Å². The molecule has 0 spiro atoms. The molecule has 1 aromatic carbocycles. The van der Waals surface area contributed by atoms with Crippen molar-refractivity contribution in [1.29, 1.82) is 0 Å². The second-order valence-electron chi connectivity index (χ2n) is 8.56. The van der Waals surface area contributed by atoms with E-state index in [1.165, 1.54) is 5.56 Å². The molecule has 164 valence electrons. The summed E-state index contributed by atoms with van der Waals surface area (Å²) < 4.78 is 0. The van der Waals surface area contributed by atoms with Crippen molar-refractivity contribution in [2.75, 3.05) is 36.4 Å². The summed E-state index contributed by atoms with van der Waals surface area (Å²) in [6.45, 7) is 11.4. The predicted octanol–water partition coefficient (Wildman–Crippen LogP) is 2.43. The minimum Gasteiger partial charge on any atom is -0.366 e. The lowest BCUT2D eigenvalue weighted by atomic mass is 10.1. The van der Waals surface area contributed by atoms with E-state index in [-0.39, 0.29) is 17.9 Å². The number of nitrogens with zero attached hydrogens (tertiary/aromatic N) is 5.